The van der Waals surface area contributed by atoms with Crippen LogP contribution in [-0.2, 0) is 6.42 Å². The molecule has 0 atom stereocenters. The third-order valence-corrected chi connectivity index (χ3v) is 4.24. The predicted molar refractivity (Wildman–Crippen MR) is 71.2 cm³/mol. The Kier molecular flexibility index (Phi) is 2.56. The minimum atomic E-state index is 0.141. The van der Waals surface area contributed by atoms with Crippen molar-refractivity contribution >= 4 is 11.8 Å². The van der Waals surface area contributed by atoms with E-state index in [2.05, 4.69) is 6.07 Å². The van der Waals surface area contributed by atoms with E-state index in [0.29, 0.717) is 0 Å². The van der Waals surface area contributed by atoms with Gasteiger partial charge in [0.15, 0.2) is 0 Å². The summed E-state index contributed by atoms with van der Waals surface area (Å²) in [5.74, 6) is 1.03. The smallest absolute Gasteiger partial charge is 0.259 e. The van der Waals surface area contributed by atoms with E-state index in [4.69, 9.17) is 0 Å². The number of benzene rings is 1. The number of fused-ring (bicyclic) bond motifs is 1. The third kappa shape index (κ3) is 1.71. The fraction of sp³-hybridized carbons (Fsp3) is 0.214. The Balaban J connectivity index is 2.24. The van der Waals surface area contributed by atoms with Gasteiger partial charge in [-0.3, -0.25) is 9.36 Å². The zero-order valence-electron chi connectivity index (χ0n) is 9.64. The highest BCUT2D eigenvalue weighted by Crippen LogP contribution is 2.28. The summed E-state index contributed by atoms with van der Waals surface area (Å²) in [6, 6.07) is 10.0. The third-order valence-electron chi connectivity index (χ3n) is 3.13. The first-order valence-electron chi connectivity index (χ1n) is 5.71. The van der Waals surface area contributed by atoms with Crippen LogP contribution < -0.4 is 5.56 Å². The molecular formula is C14H13NOS. The normalized spacial score (nSPS) is 13.7. The maximum atomic E-state index is 12.4. The molecule has 0 unspecified atom stereocenters. The van der Waals surface area contributed by atoms with E-state index in [0.717, 1.165) is 33.9 Å². The van der Waals surface area contributed by atoms with Gasteiger partial charge in [0.1, 0.15) is 0 Å². The van der Waals surface area contributed by atoms with Gasteiger partial charge in [-0.25, -0.2) is 0 Å². The van der Waals surface area contributed by atoms with Crippen molar-refractivity contribution in [2.24, 2.45) is 0 Å². The number of hydrogen-bond donors (Lipinski definition) is 0. The maximum absolute atomic E-state index is 12.4. The fourth-order valence-electron chi connectivity index (χ4n) is 2.21. The Labute approximate surface area is 104 Å². The highest BCUT2D eigenvalue weighted by molar-refractivity contribution is 7.99. The van der Waals surface area contributed by atoms with E-state index in [1.807, 2.05) is 37.4 Å². The highest BCUT2D eigenvalue weighted by atomic mass is 32.2. The molecule has 2 aromatic rings. The lowest BCUT2D eigenvalue weighted by atomic mass is 10.1. The summed E-state index contributed by atoms with van der Waals surface area (Å²) in [6.07, 6.45) is 2.79. The van der Waals surface area contributed by atoms with Gasteiger partial charge in [0.25, 0.3) is 5.56 Å². The highest BCUT2D eigenvalue weighted by Gasteiger charge is 2.17. The largest absolute Gasteiger partial charge is 0.284 e. The maximum Gasteiger partial charge on any atom is 0.259 e. The molecule has 1 aromatic carbocycles. The van der Waals surface area contributed by atoms with Crippen molar-refractivity contribution in [3.63, 3.8) is 0 Å². The quantitative estimate of drug-likeness (QED) is 0.768. The van der Waals surface area contributed by atoms with Crippen LogP contribution >= 0.6 is 11.8 Å². The molecule has 0 spiro atoms. The summed E-state index contributed by atoms with van der Waals surface area (Å²) in [4.78, 5) is 13.5. The van der Waals surface area contributed by atoms with Gasteiger partial charge in [-0.1, -0.05) is 18.2 Å². The molecule has 1 aromatic heterocycles. The Morgan fingerprint density at radius 1 is 1.24 bits per heavy atom. The molecule has 0 bridgehead atoms. The van der Waals surface area contributed by atoms with Crippen molar-refractivity contribution in [3.8, 4) is 5.69 Å². The van der Waals surface area contributed by atoms with E-state index < -0.39 is 0 Å². The molecule has 0 fully saturated rings. The van der Waals surface area contributed by atoms with Crippen LogP contribution in [0.3, 0.4) is 0 Å². The average Bonchev–Trinajstić information content (AvgIpc) is 2.80. The number of nitrogens with zero attached hydrogens (tertiary/aromatic N) is 1. The molecule has 3 heteroatoms. The predicted octanol–water partition coefficient (Wildman–Crippen LogP) is 2.79. The summed E-state index contributed by atoms with van der Waals surface area (Å²) < 4.78 is 1.76. The van der Waals surface area contributed by atoms with E-state index in [9.17, 15) is 4.79 Å². The van der Waals surface area contributed by atoms with Crippen LogP contribution in [0.15, 0.2) is 46.2 Å². The van der Waals surface area contributed by atoms with Gasteiger partial charge in [0.05, 0.1) is 5.69 Å². The van der Waals surface area contributed by atoms with Crippen molar-refractivity contribution in [1.29, 1.82) is 0 Å². The standard InChI is InChI=1S/C14H13NOS/c1-10-4-2-3-5-12(10)15-8-6-13-11(14(15)16)7-9-17-13/h2-6,8H,7,9H2,1H3. The molecule has 0 amide bonds. The Bertz CT molecular complexity index is 630. The molecule has 0 N–H and O–H groups in total. The molecule has 0 saturated heterocycles. The summed E-state index contributed by atoms with van der Waals surface area (Å²) in [6.45, 7) is 2.03. The van der Waals surface area contributed by atoms with E-state index in [-0.39, 0.29) is 5.56 Å². The summed E-state index contributed by atoms with van der Waals surface area (Å²) in [5.41, 5.74) is 3.22. The van der Waals surface area contributed by atoms with Gasteiger partial charge in [0.2, 0.25) is 0 Å². The second-order valence-electron chi connectivity index (χ2n) is 4.22. The first kappa shape index (κ1) is 10.7. The average molecular weight is 243 g/mol. The van der Waals surface area contributed by atoms with Crippen molar-refractivity contribution in [2.75, 3.05) is 5.75 Å². The van der Waals surface area contributed by atoms with Gasteiger partial charge in [-0.2, -0.15) is 0 Å². The lowest BCUT2D eigenvalue weighted by Gasteiger charge is -2.10. The SMILES string of the molecule is Cc1ccccc1-n1ccc2c(c1=O)CCS2. The minimum Gasteiger partial charge on any atom is -0.284 e. The summed E-state index contributed by atoms with van der Waals surface area (Å²) in [7, 11) is 0. The van der Waals surface area contributed by atoms with Crippen LogP contribution in [0, 0.1) is 6.92 Å². The topological polar surface area (TPSA) is 22.0 Å². The number of aryl methyl sites for hydroxylation is 1. The molecule has 86 valence electrons. The van der Waals surface area contributed by atoms with Crippen LogP contribution in [0.1, 0.15) is 11.1 Å². The van der Waals surface area contributed by atoms with Crippen LogP contribution in [0.25, 0.3) is 5.69 Å². The molecule has 2 heterocycles. The lowest BCUT2D eigenvalue weighted by molar-refractivity contribution is 0.918. The number of aromatic nitrogens is 1. The van der Waals surface area contributed by atoms with Crippen molar-refractivity contribution in [3.05, 3.63) is 58.0 Å². The van der Waals surface area contributed by atoms with Crippen molar-refractivity contribution in [1.82, 2.24) is 4.57 Å². The minimum absolute atomic E-state index is 0.141. The molecule has 0 saturated carbocycles. The zero-order valence-corrected chi connectivity index (χ0v) is 10.5. The second-order valence-corrected chi connectivity index (χ2v) is 5.36. The number of pyridine rings is 1. The van der Waals surface area contributed by atoms with Crippen LogP contribution in [-0.4, -0.2) is 10.3 Å². The van der Waals surface area contributed by atoms with Gasteiger partial charge in [0, 0.05) is 22.4 Å². The van der Waals surface area contributed by atoms with Gasteiger partial charge in [-0.15, -0.1) is 11.8 Å². The molecule has 1 aliphatic rings. The van der Waals surface area contributed by atoms with Crippen LogP contribution in [0.4, 0.5) is 0 Å². The molecule has 1 aliphatic heterocycles. The molecule has 3 rings (SSSR count). The number of rotatable bonds is 1. The van der Waals surface area contributed by atoms with Crippen molar-refractivity contribution in [2.45, 2.75) is 18.2 Å². The van der Waals surface area contributed by atoms with Crippen LogP contribution in [0.2, 0.25) is 0 Å². The molecule has 17 heavy (non-hydrogen) atoms. The second kappa shape index (κ2) is 4.08. The Hall–Kier alpha value is -1.48. The first-order valence-corrected chi connectivity index (χ1v) is 6.69. The van der Waals surface area contributed by atoms with E-state index >= 15 is 0 Å². The molecule has 0 radical (unpaired) electrons. The number of thioether (sulfide) groups is 1. The Morgan fingerprint density at radius 2 is 2.06 bits per heavy atom. The number of para-hydroxylation sites is 1. The van der Waals surface area contributed by atoms with E-state index in [1.165, 1.54) is 0 Å². The van der Waals surface area contributed by atoms with Crippen molar-refractivity contribution < 1.29 is 0 Å². The summed E-state index contributed by atoms with van der Waals surface area (Å²) in [5, 5.41) is 0. The molecular weight excluding hydrogens is 230 g/mol. The molecule has 0 aliphatic carbocycles. The first-order chi connectivity index (χ1) is 8.27. The number of hydrogen-bond acceptors (Lipinski definition) is 2. The monoisotopic (exact) mass is 243 g/mol. The zero-order chi connectivity index (χ0) is 11.8. The molecule has 2 nitrogen and oxygen atoms in total. The fourth-order valence-corrected chi connectivity index (χ4v) is 3.26. The Morgan fingerprint density at radius 3 is 2.88 bits per heavy atom. The van der Waals surface area contributed by atoms with Crippen LogP contribution in [0.5, 0.6) is 0 Å². The summed E-state index contributed by atoms with van der Waals surface area (Å²) >= 11 is 1.78. The van der Waals surface area contributed by atoms with Gasteiger partial charge >= 0.3 is 0 Å². The lowest BCUT2D eigenvalue weighted by Crippen LogP contribution is -2.21. The van der Waals surface area contributed by atoms with Gasteiger partial charge in [-0.05, 0) is 31.0 Å². The van der Waals surface area contributed by atoms with Gasteiger partial charge < -0.3 is 0 Å². The van der Waals surface area contributed by atoms with E-state index in [1.54, 1.807) is 16.3 Å².